The highest BCUT2D eigenvalue weighted by atomic mass is 16.5. The average Bonchev–Trinajstić information content (AvgIpc) is 2.33. The molecule has 0 unspecified atom stereocenters. The summed E-state index contributed by atoms with van der Waals surface area (Å²) in [6, 6.07) is 5.08. The van der Waals surface area contributed by atoms with Crippen molar-refractivity contribution in [3.63, 3.8) is 0 Å². The number of ketones is 2. The van der Waals surface area contributed by atoms with Crippen molar-refractivity contribution in [2.45, 2.75) is 13.8 Å². The molecule has 0 bridgehead atoms. The Morgan fingerprint density at radius 1 is 1.17 bits per heavy atom. The number of carbonyl (C=O) groups is 2. The first kappa shape index (κ1) is 12.3. The fourth-order valence-corrected chi connectivity index (χ4v) is 1.73. The Morgan fingerprint density at radius 3 is 2.61 bits per heavy atom. The second kappa shape index (κ2) is 5.00. The van der Waals surface area contributed by atoms with Gasteiger partial charge >= 0.3 is 0 Å². The van der Waals surface area contributed by atoms with Crippen LogP contribution in [0.3, 0.4) is 0 Å². The molecule has 1 aromatic carbocycles. The van der Waals surface area contributed by atoms with Crippen molar-refractivity contribution in [3.8, 4) is 5.75 Å². The highest BCUT2D eigenvalue weighted by molar-refractivity contribution is 6.23. The zero-order valence-corrected chi connectivity index (χ0v) is 10.4. The lowest BCUT2D eigenvalue weighted by Crippen LogP contribution is -2.13. The molecule has 3 nitrogen and oxygen atoms in total. The standard InChI is InChI=1S/C15H14O3/c1-10(2)8-9-18-14-5-3-4-11-12(16)6-7-13(17)15(11)14/h3-8H,9H2,1-2H3. The van der Waals surface area contributed by atoms with E-state index >= 15 is 0 Å². The number of fused-ring (bicyclic) bond motifs is 1. The molecule has 0 heterocycles. The summed E-state index contributed by atoms with van der Waals surface area (Å²) in [5, 5.41) is 0. The molecule has 0 spiro atoms. The predicted molar refractivity (Wildman–Crippen MR) is 69.2 cm³/mol. The van der Waals surface area contributed by atoms with Gasteiger partial charge in [-0.3, -0.25) is 9.59 Å². The minimum atomic E-state index is -0.183. The molecule has 92 valence electrons. The van der Waals surface area contributed by atoms with Gasteiger partial charge in [-0.2, -0.15) is 0 Å². The van der Waals surface area contributed by atoms with Gasteiger partial charge in [0.25, 0.3) is 0 Å². The highest BCUT2D eigenvalue weighted by Crippen LogP contribution is 2.26. The molecule has 1 aliphatic rings. The van der Waals surface area contributed by atoms with E-state index in [0.29, 0.717) is 23.5 Å². The first-order chi connectivity index (χ1) is 8.59. The molecule has 0 aliphatic heterocycles. The Bertz CT molecular complexity index is 561. The van der Waals surface area contributed by atoms with Gasteiger partial charge in [-0.15, -0.1) is 0 Å². The van der Waals surface area contributed by atoms with Gasteiger partial charge in [0.2, 0.25) is 0 Å². The Morgan fingerprint density at radius 2 is 1.89 bits per heavy atom. The number of ether oxygens (including phenoxy) is 1. The van der Waals surface area contributed by atoms with E-state index in [9.17, 15) is 9.59 Å². The minimum Gasteiger partial charge on any atom is -0.489 e. The largest absolute Gasteiger partial charge is 0.489 e. The second-order valence-electron chi connectivity index (χ2n) is 4.33. The quantitative estimate of drug-likeness (QED) is 0.765. The Balaban J connectivity index is 2.34. The normalized spacial score (nSPS) is 13.2. The number of hydrogen-bond donors (Lipinski definition) is 0. The number of carbonyl (C=O) groups excluding carboxylic acids is 2. The van der Waals surface area contributed by atoms with Crippen LogP contribution in [0, 0.1) is 0 Å². The van der Waals surface area contributed by atoms with Crippen LogP contribution in [0.2, 0.25) is 0 Å². The molecule has 0 saturated carbocycles. The number of allylic oxidation sites excluding steroid dienone is 3. The maximum Gasteiger partial charge on any atom is 0.190 e. The van der Waals surface area contributed by atoms with E-state index in [1.807, 2.05) is 19.9 Å². The van der Waals surface area contributed by atoms with Gasteiger partial charge < -0.3 is 4.74 Å². The highest BCUT2D eigenvalue weighted by Gasteiger charge is 2.22. The lowest BCUT2D eigenvalue weighted by atomic mass is 9.94. The summed E-state index contributed by atoms with van der Waals surface area (Å²) in [5.41, 5.74) is 1.92. The van der Waals surface area contributed by atoms with E-state index in [0.717, 1.165) is 5.57 Å². The Hall–Kier alpha value is -2.16. The van der Waals surface area contributed by atoms with Gasteiger partial charge in [-0.25, -0.2) is 0 Å². The van der Waals surface area contributed by atoms with Gasteiger partial charge in [-0.1, -0.05) is 17.7 Å². The molecular weight excluding hydrogens is 228 g/mol. The van der Waals surface area contributed by atoms with Crippen LogP contribution in [0.1, 0.15) is 34.6 Å². The van der Waals surface area contributed by atoms with Gasteiger partial charge in [0.15, 0.2) is 11.6 Å². The lowest BCUT2D eigenvalue weighted by molar-refractivity contribution is 0.0991. The smallest absolute Gasteiger partial charge is 0.190 e. The number of rotatable bonds is 3. The third-order valence-corrected chi connectivity index (χ3v) is 2.65. The van der Waals surface area contributed by atoms with Gasteiger partial charge in [0.1, 0.15) is 12.4 Å². The molecule has 18 heavy (non-hydrogen) atoms. The Labute approximate surface area is 106 Å². The molecule has 1 aliphatic carbocycles. The van der Waals surface area contributed by atoms with Crippen molar-refractivity contribution in [2.75, 3.05) is 6.61 Å². The van der Waals surface area contributed by atoms with Crippen LogP contribution in [0.25, 0.3) is 0 Å². The van der Waals surface area contributed by atoms with Crippen molar-refractivity contribution in [1.82, 2.24) is 0 Å². The molecular formula is C15H14O3. The van der Waals surface area contributed by atoms with E-state index in [1.54, 1.807) is 18.2 Å². The van der Waals surface area contributed by atoms with Gasteiger partial charge in [0, 0.05) is 5.56 Å². The van der Waals surface area contributed by atoms with Crippen molar-refractivity contribution in [2.24, 2.45) is 0 Å². The minimum absolute atomic E-state index is 0.155. The SMILES string of the molecule is CC(C)=CCOc1cccc2c1C(=O)C=CC2=O. The summed E-state index contributed by atoms with van der Waals surface area (Å²) in [7, 11) is 0. The van der Waals surface area contributed by atoms with E-state index in [-0.39, 0.29) is 11.6 Å². The fourth-order valence-electron chi connectivity index (χ4n) is 1.73. The maximum atomic E-state index is 11.8. The third kappa shape index (κ3) is 2.40. The first-order valence-electron chi connectivity index (χ1n) is 5.75. The van der Waals surface area contributed by atoms with Crippen LogP contribution >= 0.6 is 0 Å². The van der Waals surface area contributed by atoms with Gasteiger partial charge in [-0.05, 0) is 38.1 Å². The molecule has 1 aromatic rings. The summed E-state index contributed by atoms with van der Waals surface area (Å²) in [6.45, 7) is 4.34. The molecule has 0 N–H and O–H groups in total. The first-order valence-corrected chi connectivity index (χ1v) is 5.75. The monoisotopic (exact) mass is 242 g/mol. The molecule has 0 saturated heterocycles. The van der Waals surface area contributed by atoms with Crippen LogP contribution in [0.5, 0.6) is 5.75 Å². The summed E-state index contributed by atoms with van der Waals surface area (Å²) >= 11 is 0. The van der Waals surface area contributed by atoms with E-state index in [1.165, 1.54) is 12.2 Å². The van der Waals surface area contributed by atoms with Crippen LogP contribution in [-0.4, -0.2) is 18.2 Å². The fraction of sp³-hybridized carbons (Fsp3) is 0.200. The van der Waals surface area contributed by atoms with Crippen LogP contribution < -0.4 is 4.74 Å². The van der Waals surface area contributed by atoms with E-state index in [2.05, 4.69) is 0 Å². The average molecular weight is 242 g/mol. The molecule has 0 fully saturated rings. The summed E-state index contributed by atoms with van der Waals surface area (Å²) in [5.74, 6) is 0.127. The van der Waals surface area contributed by atoms with Crippen molar-refractivity contribution < 1.29 is 14.3 Å². The van der Waals surface area contributed by atoms with Crippen LogP contribution in [-0.2, 0) is 0 Å². The molecule has 0 radical (unpaired) electrons. The number of hydrogen-bond acceptors (Lipinski definition) is 3. The Kier molecular flexibility index (Phi) is 3.42. The molecule has 0 aromatic heterocycles. The summed E-state index contributed by atoms with van der Waals surface area (Å²) in [6.07, 6.45) is 4.51. The van der Waals surface area contributed by atoms with Crippen LogP contribution in [0.4, 0.5) is 0 Å². The number of benzene rings is 1. The molecule has 0 atom stereocenters. The molecule has 2 rings (SSSR count). The van der Waals surface area contributed by atoms with Crippen molar-refractivity contribution in [1.29, 1.82) is 0 Å². The lowest BCUT2D eigenvalue weighted by Gasteiger charge is -2.13. The summed E-state index contributed by atoms with van der Waals surface area (Å²) < 4.78 is 5.55. The predicted octanol–water partition coefficient (Wildman–Crippen LogP) is 2.97. The third-order valence-electron chi connectivity index (χ3n) is 2.65. The van der Waals surface area contributed by atoms with Crippen molar-refractivity contribution >= 4 is 11.6 Å². The molecule has 3 heteroatoms. The zero-order valence-electron chi connectivity index (χ0n) is 10.4. The maximum absolute atomic E-state index is 11.8. The van der Waals surface area contributed by atoms with Gasteiger partial charge in [0.05, 0.1) is 5.56 Å². The van der Waals surface area contributed by atoms with E-state index in [4.69, 9.17) is 4.74 Å². The van der Waals surface area contributed by atoms with Crippen LogP contribution in [0.15, 0.2) is 42.0 Å². The van der Waals surface area contributed by atoms with E-state index < -0.39 is 0 Å². The topological polar surface area (TPSA) is 43.4 Å². The second-order valence-corrected chi connectivity index (χ2v) is 4.33. The zero-order chi connectivity index (χ0) is 13.1. The molecule has 0 amide bonds. The summed E-state index contributed by atoms with van der Waals surface area (Å²) in [4.78, 5) is 23.5. The van der Waals surface area contributed by atoms with Crippen molar-refractivity contribution in [3.05, 3.63) is 53.1 Å².